The van der Waals surface area contributed by atoms with Gasteiger partial charge in [-0.25, -0.2) is 21.4 Å². The molecule has 0 amide bonds. The lowest BCUT2D eigenvalue weighted by Gasteiger charge is -2.22. The summed E-state index contributed by atoms with van der Waals surface area (Å²) >= 11 is 0. The number of unbranched alkanes of at least 4 members (excludes halogenated alkanes) is 2. The van der Waals surface area contributed by atoms with Crippen molar-refractivity contribution >= 4 is 20.0 Å². The van der Waals surface area contributed by atoms with Crippen LogP contribution in [-0.4, -0.2) is 27.9 Å². The number of hydrogen-bond acceptors (Lipinski definition) is 4. The van der Waals surface area contributed by atoms with Crippen LogP contribution in [-0.2, 0) is 26.6 Å². The van der Waals surface area contributed by atoms with Crippen LogP contribution in [0.4, 0.5) is 26.3 Å². The molecule has 0 aliphatic heterocycles. The summed E-state index contributed by atoms with van der Waals surface area (Å²) in [5.74, 6) is 0. The number of aromatic nitrogens is 1. The molecule has 1 rings (SSSR count). The fraction of sp³-hybridized carbons (Fsp3) is 0.615. The van der Waals surface area contributed by atoms with E-state index in [1.165, 1.54) is 24.8 Å². The highest BCUT2D eigenvalue weighted by atomic mass is 32.3. The molecule has 0 bridgehead atoms. The molecule has 27 heavy (non-hydrogen) atoms. The minimum atomic E-state index is -6.72. The first-order valence-corrected chi connectivity index (χ1v) is 10.2. The van der Waals surface area contributed by atoms with Crippen molar-refractivity contribution in [3.63, 3.8) is 0 Å². The molecule has 0 N–H and O–H groups in total. The third-order valence-electron chi connectivity index (χ3n) is 2.86. The van der Waals surface area contributed by atoms with Gasteiger partial charge in [-0.1, -0.05) is 13.3 Å². The standard InChI is InChI=1S/C11H18N.C2F6NO4S2/c1-3-4-5-8-12-9-6-11(2)7-10-12;3-1(4,5)14(10,11)9-15(12,13)2(6,7)8/h6-7,9-10H,3-5,8H2,1-2H3;/q+1;-1. The van der Waals surface area contributed by atoms with E-state index in [0.29, 0.717) is 0 Å². The summed E-state index contributed by atoms with van der Waals surface area (Å²) in [6, 6.07) is 4.32. The summed E-state index contributed by atoms with van der Waals surface area (Å²) in [7, 11) is -13.4. The predicted molar refractivity (Wildman–Crippen MR) is 84.2 cm³/mol. The lowest BCUT2D eigenvalue weighted by Crippen LogP contribution is -2.32. The van der Waals surface area contributed by atoms with Crippen molar-refractivity contribution in [3.8, 4) is 0 Å². The van der Waals surface area contributed by atoms with Gasteiger partial charge in [0, 0.05) is 18.6 Å². The minimum Gasteiger partial charge on any atom is -0.421 e. The quantitative estimate of drug-likeness (QED) is 0.382. The molecule has 6 nitrogen and oxygen atoms in total. The Morgan fingerprint density at radius 2 is 1.30 bits per heavy atom. The number of alkyl halides is 6. The topological polar surface area (TPSA) is 86.3 Å². The van der Waals surface area contributed by atoms with Gasteiger partial charge in [0.1, 0.15) is 6.54 Å². The fourth-order valence-electron chi connectivity index (χ4n) is 1.44. The van der Waals surface area contributed by atoms with E-state index in [4.69, 9.17) is 0 Å². The number of rotatable bonds is 6. The van der Waals surface area contributed by atoms with Gasteiger partial charge in [0.05, 0.1) is 0 Å². The summed E-state index contributed by atoms with van der Waals surface area (Å²) in [6.07, 6.45) is 8.24. The Morgan fingerprint density at radius 1 is 0.889 bits per heavy atom. The van der Waals surface area contributed by atoms with E-state index in [2.05, 4.69) is 42.9 Å². The van der Waals surface area contributed by atoms with Crippen LogP contribution in [0, 0.1) is 6.92 Å². The number of hydrogen-bond donors (Lipinski definition) is 0. The number of nitrogens with zero attached hydrogens (tertiary/aromatic N) is 2. The maximum absolute atomic E-state index is 11.4. The molecule has 0 radical (unpaired) electrons. The highest BCUT2D eigenvalue weighted by molar-refractivity contribution is 8.13. The molecule has 0 spiro atoms. The maximum atomic E-state index is 11.4. The molecule has 1 heterocycles. The zero-order valence-corrected chi connectivity index (χ0v) is 15.9. The second-order valence-electron chi connectivity index (χ2n) is 5.24. The van der Waals surface area contributed by atoms with Crippen LogP contribution in [0.1, 0.15) is 31.7 Å². The van der Waals surface area contributed by atoms with Gasteiger partial charge in [-0.05, 0) is 18.9 Å². The second kappa shape index (κ2) is 9.68. The van der Waals surface area contributed by atoms with Crippen LogP contribution in [0.15, 0.2) is 24.5 Å². The number of halogens is 6. The van der Waals surface area contributed by atoms with Gasteiger partial charge >= 0.3 is 11.0 Å². The first kappa shape index (κ1) is 25.6. The molecular weight excluding hydrogens is 426 g/mol. The van der Waals surface area contributed by atoms with Gasteiger partial charge in [0.15, 0.2) is 32.4 Å². The van der Waals surface area contributed by atoms with E-state index < -0.39 is 31.1 Å². The minimum absolute atomic E-state index is 0.778. The monoisotopic (exact) mass is 444 g/mol. The molecule has 158 valence electrons. The molecular formula is C13H18F6N2O4S2. The average Bonchev–Trinajstić information content (AvgIpc) is 2.47. The number of aryl methyl sites for hydroxylation is 2. The zero-order chi connectivity index (χ0) is 21.5. The van der Waals surface area contributed by atoms with Crippen molar-refractivity contribution in [2.24, 2.45) is 0 Å². The second-order valence-corrected chi connectivity index (χ2v) is 8.66. The normalized spacial score (nSPS) is 13.0. The summed E-state index contributed by atoms with van der Waals surface area (Å²) in [5, 5.41) is 0. The van der Waals surface area contributed by atoms with Crippen molar-refractivity contribution in [1.82, 2.24) is 0 Å². The van der Waals surface area contributed by atoms with Crippen molar-refractivity contribution in [2.45, 2.75) is 50.7 Å². The Labute approximate surface area is 153 Å². The molecule has 14 heteroatoms. The van der Waals surface area contributed by atoms with E-state index in [1.54, 1.807) is 0 Å². The first-order chi connectivity index (χ1) is 12.0. The molecule has 0 fully saturated rings. The van der Waals surface area contributed by atoms with Crippen LogP contribution in [0.25, 0.3) is 4.13 Å². The Balaban J connectivity index is 0.000000511. The molecule has 0 aliphatic rings. The van der Waals surface area contributed by atoms with Crippen LogP contribution < -0.4 is 4.57 Å². The van der Waals surface area contributed by atoms with Crippen LogP contribution in [0.3, 0.4) is 0 Å². The molecule has 0 aromatic carbocycles. The number of pyridine rings is 1. The van der Waals surface area contributed by atoms with Crippen molar-refractivity contribution < 1.29 is 47.7 Å². The molecule has 1 aromatic heterocycles. The van der Waals surface area contributed by atoms with Gasteiger partial charge in [-0.2, -0.15) is 26.3 Å². The van der Waals surface area contributed by atoms with Crippen LogP contribution >= 0.6 is 0 Å². The highest BCUT2D eigenvalue weighted by Gasteiger charge is 2.46. The number of sulfonamides is 2. The van der Waals surface area contributed by atoms with E-state index >= 15 is 0 Å². The maximum Gasteiger partial charge on any atom is 0.480 e. The molecule has 0 unspecified atom stereocenters. The Hall–Kier alpha value is -1.41. The van der Waals surface area contributed by atoms with Gasteiger partial charge in [0.25, 0.3) is 0 Å². The van der Waals surface area contributed by atoms with Gasteiger partial charge in [-0.15, -0.1) is 0 Å². The van der Waals surface area contributed by atoms with Gasteiger partial charge in [0.2, 0.25) is 0 Å². The molecule has 0 atom stereocenters. The highest BCUT2D eigenvalue weighted by Crippen LogP contribution is 2.36. The Morgan fingerprint density at radius 3 is 1.63 bits per heavy atom. The van der Waals surface area contributed by atoms with E-state index in [-0.39, 0.29) is 0 Å². The predicted octanol–water partition coefficient (Wildman–Crippen LogP) is 3.53. The fourth-order valence-corrected chi connectivity index (χ4v) is 3.15. The van der Waals surface area contributed by atoms with E-state index in [0.717, 1.165) is 10.7 Å². The molecule has 0 saturated heterocycles. The molecule has 0 aliphatic carbocycles. The van der Waals surface area contributed by atoms with Crippen molar-refractivity contribution in [3.05, 3.63) is 34.2 Å². The van der Waals surface area contributed by atoms with Crippen molar-refractivity contribution in [1.29, 1.82) is 0 Å². The summed E-state index contributed by atoms with van der Waals surface area (Å²) in [4.78, 5) is 0. The first-order valence-electron chi connectivity index (χ1n) is 7.36. The van der Waals surface area contributed by atoms with E-state index in [1.807, 2.05) is 0 Å². The van der Waals surface area contributed by atoms with Gasteiger partial charge < -0.3 is 4.13 Å². The lowest BCUT2D eigenvalue weighted by molar-refractivity contribution is -0.697. The van der Waals surface area contributed by atoms with Crippen molar-refractivity contribution in [2.75, 3.05) is 0 Å². The van der Waals surface area contributed by atoms with Crippen LogP contribution in [0.2, 0.25) is 0 Å². The Kier molecular flexibility index (Phi) is 9.18. The Bertz CT molecular complexity index is 746. The summed E-state index contributed by atoms with van der Waals surface area (Å²) in [6.45, 7) is 5.52. The third-order valence-corrected chi connectivity index (χ3v) is 5.60. The smallest absolute Gasteiger partial charge is 0.421 e. The summed E-state index contributed by atoms with van der Waals surface area (Å²) in [5.41, 5.74) is -11.1. The van der Waals surface area contributed by atoms with Gasteiger partial charge in [-0.3, -0.25) is 0 Å². The largest absolute Gasteiger partial charge is 0.480 e. The zero-order valence-electron chi connectivity index (χ0n) is 14.2. The average molecular weight is 444 g/mol. The molecule has 0 saturated carbocycles. The summed E-state index contributed by atoms with van der Waals surface area (Å²) < 4.78 is 111. The molecule has 1 aromatic rings. The van der Waals surface area contributed by atoms with E-state index in [9.17, 15) is 43.2 Å². The SMILES string of the molecule is CCCCC[n+]1ccc(C)cc1.O=S(=O)([N-]S(=O)(=O)C(F)(F)F)C(F)(F)F. The lowest BCUT2D eigenvalue weighted by atomic mass is 10.2. The van der Waals surface area contributed by atoms with Crippen LogP contribution in [0.5, 0.6) is 0 Å². The third kappa shape index (κ3) is 8.88.